The van der Waals surface area contributed by atoms with Crippen molar-refractivity contribution in [3.63, 3.8) is 0 Å². The Labute approximate surface area is 88.4 Å². The maximum Gasteiger partial charge on any atom is 0.256 e. The van der Waals surface area contributed by atoms with Gasteiger partial charge in [0.25, 0.3) is 5.91 Å². The number of carbonyl (C=O) groups excluding carboxylic acids is 1. The molecule has 0 saturated heterocycles. The predicted molar refractivity (Wildman–Crippen MR) is 51.9 cm³/mol. The quantitative estimate of drug-likeness (QED) is 0.771. The van der Waals surface area contributed by atoms with E-state index in [1.54, 1.807) is 0 Å². The minimum absolute atomic E-state index is 0.0226. The van der Waals surface area contributed by atoms with E-state index in [2.05, 4.69) is 21.2 Å². The van der Waals surface area contributed by atoms with E-state index < -0.39 is 5.82 Å². The Hall–Kier alpha value is -1.10. The number of hydrogen-bond acceptors (Lipinski definition) is 2. The monoisotopic (exact) mass is 259 g/mol. The molecule has 1 aromatic carbocycles. The summed E-state index contributed by atoms with van der Waals surface area (Å²) in [7, 11) is 0. The Morgan fingerprint density at radius 2 is 2.29 bits per heavy atom. The van der Waals surface area contributed by atoms with Crippen molar-refractivity contribution in [3.05, 3.63) is 28.0 Å². The van der Waals surface area contributed by atoms with Crippen LogP contribution in [0.25, 0.3) is 0 Å². The smallest absolute Gasteiger partial charge is 0.256 e. The minimum atomic E-state index is -0.514. The first-order chi connectivity index (χ1) is 6.70. The van der Waals surface area contributed by atoms with Crippen LogP contribution in [0.5, 0.6) is 5.75 Å². The maximum atomic E-state index is 13.3. The van der Waals surface area contributed by atoms with Gasteiger partial charge in [-0.1, -0.05) is 0 Å². The summed E-state index contributed by atoms with van der Waals surface area (Å²) in [6.07, 6.45) is 0. The van der Waals surface area contributed by atoms with Gasteiger partial charge in [-0.3, -0.25) is 4.79 Å². The van der Waals surface area contributed by atoms with Crippen molar-refractivity contribution in [2.75, 3.05) is 13.2 Å². The number of ether oxygens (including phenoxy) is 1. The molecule has 1 amide bonds. The zero-order valence-corrected chi connectivity index (χ0v) is 8.73. The normalized spacial score (nSPS) is 15.1. The summed E-state index contributed by atoms with van der Waals surface area (Å²) < 4.78 is 19.0. The van der Waals surface area contributed by atoms with Crippen LogP contribution in [0.15, 0.2) is 16.6 Å². The molecule has 0 saturated carbocycles. The maximum absolute atomic E-state index is 13.3. The third-order valence-electron chi connectivity index (χ3n) is 1.92. The lowest BCUT2D eigenvalue weighted by Gasteiger charge is -2.07. The van der Waals surface area contributed by atoms with Gasteiger partial charge in [0.15, 0.2) is 11.6 Å². The summed E-state index contributed by atoms with van der Waals surface area (Å²) in [6, 6.07) is 2.75. The lowest BCUT2D eigenvalue weighted by atomic mass is 10.2. The molecule has 1 aliphatic rings. The average Bonchev–Trinajstić information content (AvgIpc) is 2.35. The van der Waals surface area contributed by atoms with E-state index in [0.717, 1.165) is 0 Å². The molecule has 1 aliphatic heterocycles. The summed E-state index contributed by atoms with van der Waals surface area (Å²) in [5.41, 5.74) is 0.225. The lowest BCUT2D eigenvalue weighted by Crippen LogP contribution is -2.24. The topological polar surface area (TPSA) is 38.3 Å². The number of hydrogen-bond donors (Lipinski definition) is 1. The molecular weight excluding hydrogens is 253 g/mol. The SMILES string of the molecule is O=C1NCCOc2c(F)ccc(Br)c21. The third kappa shape index (κ3) is 1.48. The summed E-state index contributed by atoms with van der Waals surface area (Å²) in [5, 5.41) is 2.61. The molecule has 5 heteroatoms. The standard InChI is InChI=1S/C9H7BrFNO2/c10-5-1-2-6(11)8-7(5)9(13)12-3-4-14-8/h1-2H,3-4H2,(H,12,13). The van der Waals surface area contributed by atoms with Gasteiger partial charge in [0.1, 0.15) is 6.61 Å². The van der Waals surface area contributed by atoms with E-state index in [1.807, 2.05) is 0 Å². The van der Waals surface area contributed by atoms with Crippen LogP contribution in [-0.4, -0.2) is 19.1 Å². The number of halogens is 2. The van der Waals surface area contributed by atoms with E-state index in [1.165, 1.54) is 12.1 Å². The first kappa shape index (κ1) is 9.45. The predicted octanol–water partition coefficient (Wildman–Crippen LogP) is 1.71. The van der Waals surface area contributed by atoms with Gasteiger partial charge in [-0.25, -0.2) is 4.39 Å². The largest absolute Gasteiger partial charge is 0.488 e. The van der Waals surface area contributed by atoms with E-state index >= 15 is 0 Å². The highest BCUT2D eigenvalue weighted by Gasteiger charge is 2.22. The highest BCUT2D eigenvalue weighted by molar-refractivity contribution is 9.10. The summed E-state index contributed by atoms with van der Waals surface area (Å²) in [5.74, 6) is -0.807. The first-order valence-corrected chi connectivity index (χ1v) is 4.88. The number of benzene rings is 1. The molecular formula is C9H7BrFNO2. The van der Waals surface area contributed by atoms with E-state index in [-0.39, 0.29) is 23.8 Å². The van der Waals surface area contributed by atoms with E-state index in [4.69, 9.17) is 4.74 Å². The Bertz CT molecular complexity index is 395. The van der Waals surface area contributed by atoms with Gasteiger partial charge in [-0.15, -0.1) is 0 Å². The molecule has 74 valence electrons. The molecule has 0 unspecified atom stereocenters. The molecule has 1 aromatic rings. The van der Waals surface area contributed by atoms with E-state index in [0.29, 0.717) is 11.0 Å². The van der Waals surface area contributed by atoms with Crippen molar-refractivity contribution in [3.8, 4) is 5.75 Å². The molecule has 1 heterocycles. The molecule has 0 aromatic heterocycles. The molecule has 3 nitrogen and oxygen atoms in total. The molecule has 0 bridgehead atoms. The van der Waals surface area contributed by atoms with Crippen molar-refractivity contribution >= 4 is 21.8 Å². The number of fused-ring (bicyclic) bond motifs is 1. The summed E-state index contributed by atoms with van der Waals surface area (Å²) in [6.45, 7) is 0.672. The molecule has 0 spiro atoms. The van der Waals surface area contributed by atoms with Crippen molar-refractivity contribution in [1.82, 2.24) is 5.32 Å². The van der Waals surface area contributed by atoms with Gasteiger partial charge in [-0.2, -0.15) is 0 Å². The molecule has 0 aliphatic carbocycles. The molecule has 0 fully saturated rings. The molecule has 14 heavy (non-hydrogen) atoms. The van der Waals surface area contributed by atoms with Crippen molar-refractivity contribution in [1.29, 1.82) is 0 Å². The van der Waals surface area contributed by atoms with Gasteiger partial charge in [0, 0.05) is 4.47 Å². The van der Waals surface area contributed by atoms with Crippen LogP contribution < -0.4 is 10.1 Å². The number of amides is 1. The van der Waals surface area contributed by atoms with Gasteiger partial charge >= 0.3 is 0 Å². The average molecular weight is 260 g/mol. The van der Waals surface area contributed by atoms with Crippen LogP contribution in [-0.2, 0) is 0 Å². The third-order valence-corrected chi connectivity index (χ3v) is 2.58. The fourth-order valence-corrected chi connectivity index (χ4v) is 1.78. The van der Waals surface area contributed by atoms with Crippen LogP contribution in [0.3, 0.4) is 0 Å². The zero-order valence-electron chi connectivity index (χ0n) is 7.14. The second-order valence-corrected chi connectivity index (χ2v) is 3.69. The fraction of sp³-hybridized carbons (Fsp3) is 0.222. The van der Waals surface area contributed by atoms with Crippen molar-refractivity contribution in [2.24, 2.45) is 0 Å². The molecule has 0 radical (unpaired) electrons. The number of carbonyl (C=O) groups is 1. The van der Waals surface area contributed by atoms with Crippen LogP contribution in [0.4, 0.5) is 4.39 Å². The highest BCUT2D eigenvalue weighted by atomic mass is 79.9. The Morgan fingerprint density at radius 1 is 1.50 bits per heavy atom. The first-order valence-electron chi connectivity index (χ1n) is 4.09. The van der Waals surface area contributed by atoms with E-state index in [9.17, 15) is 9.18 Å². The second kappa shape index (κ2) is 3.57. The minimum Gasteiger partial charge on any atom is -0.488 e. The number of rotatable bonds is 0. The molecule has 0 atom stereocenters. The second-order valence-electron chi connectivity index (χ2n) is 2.84. The summed E-state index contributed by atoms with van der Waals surface area (Å²) >= 11 is 3.18. The number of nitrogens with one attached hydrogen (secondary N) is 1. The van der Waals surface area contributed by atoms with Crippen LogP contribution >= 0.6 is 15.9 Å². The highest BCUT2D eigenvalue weighted by Crippen LogP contribution is 2.30. The van der Waals surface area contributed by atoms with Crippen molar-refractivity contribution < 1.29 is 13.9 Å². The van der Waals surface area contributed by atoms with Gasteiger partial charge in [0.05, 0.1) is 12.1 Å². The van der Waals surface area contributed by atoms with Crippen LogP contribution in [0.1, 0.15) is 10.4 Å². The van der Waals surface area contributed by atoms with Gasteiger partial charge in [-0.05, 0) is 28.1 Å². The van der Waals surface area contributed by atoms with Crippen molar-refractivity contribution in [2.45, 2.75) is 0 Å². The summed E-state index contributed by atoms with van der Waals surface area (Å²) in [4.78, 5) is 11.5. The Balaban J connectivity index is 2.62. The van der Waals surface area contributed by atoms with Gasteiger partial charge < -0.3 is 10.1 Å². The molecule has 2 rings (SSSR count). The fourth-order valence-electron chi connectivity index (χ4n) is 1.29. The Morgan fingerprint density at radius 3 is 3.07 bits per heavy atom. The lowest BCUT2D eigenvalue weighted by molar-refractivity contribution is 0.0956. The van der Waals surface area contributed by atoms with Crippen LogP contribution in [0.2, 0.25) is 0 Å². The zero-order chi connectivity index (χ0) is 10.1. The van der Waals surface area contributed by atoms with Crippen LogP contribution in [0, 0.1) is 5.82 Å². The van der Waals surface area contributed by atoms with Gasteiger partial charge in [0.2, 0.25) is 0 Å². The molecule has 1 N–H and O–H groups in total. The Kier molecular flexibility index (Phi) is 2.41.